The number of rotatable bonds is 16. The van der Waals surface area contributed by atoms with Crippen molar-refractivity contribution < 1.29 is 48.6 Å². The highest BCUT2D eigenvalue weighted by Crippen LogP contribution is 2.54. The molecule has 12 nitrogen and oxygen atoms in total. The Morgan fingerprint density at radius 2 is 1.54 bits per heavy atom. The van der Waals surface area contributed by atoms with Crippen molar-refractivity contribution in [2.24, 2.45) is 41.4 Å². The minimum atomic E-state index is -1.21. The van der Waals surface area contributed by atoms with Crippen LogP contribution in [0.1, 0.15) is 160 Å². The molecule has 1 unspecified atom stereocenters. The van der Waals surface area contributed by atoms with Crippen molar-refractivity contribution in [2.45, 2.75) is 232 Å². The number of thiocarbonyl (C=S) groups is 1. The van der Waals surface area contributed by atoms with Crippen LogP contribution in [0.4, 0.5) is 0 Å². The average molecular weight is 879 g/mol. The quantitative estimate of drug-likeness (QED) is 0.0753. The summed E-state index contributed by atoms with van der Waals surface area (Å²) < 4.78 is 34.9. The van der Waals surface area contributed by atoms with Crippen LogP contribution < -0.4 is 10.6 Å². The number of ether oxygens (including phenoxy) is 5. The largest absolute Gasteiger partial charge is 0.481 e. The molecule has 0 aromatic heterocycles. The van der Waals surface area contributed by atoms with E-state index in [0.29, 0.717) is 56.5 Å². The molecule has 5 aliphatic heterocycles. The number of ketones is 1. The van der Waals surface area contributed by atoms with Crippen molar-refractivity contribution in [1.82, 2.24) is 10.6 Å². The predicted molar refractivity (Wildman–Crippen MR) is 240 cm³/mol. The maximum absolute atomic E-state index is 14.7. The third-order valence-electron chi connectivity index (χ3n) is 16.1. The molecule has 5 aliphatic rings. The Labute approximate surface area is 372 Å². The molecule has 0 aliphatic carbocycles. The lowest BCUT2D eigenvalue weighted by Crippen LogP contribution is -2.66. The highest BCUT2D eigenvalue weighted by atomic mass is 32.1. The lowest BCUT2D eigenvalue weighted by molar-refractivity contribution is -0.397. The van der Waals surface area contributed by atoms with Gasteiger partial charge >= 0.3 is 5.97 Å². The van der Waals surface area contributed by atoms with Crippen LogP contribution in [0.5, 0.6) is 0 Å². The van der Waals surface area contributed by atoms with Crippen LogP contribution in [0.2, 0.25) is 0 Å². The van der Waals surface area contributed by atoms with E-state index in [9.17, 15) is 24.9 Å². The van der Waals surface area contributed by atoms with Gasteiger partial charge in [0.2, 0.25) is 0 Å². The molecule has 13 heteroatoms. The zero-order chi connectivity index (χ0) is 45.2. The van der Waals surface area contributed by atoms with Gasteiger partial charge in [0.05, 0.1) is 53.7 Å². The number of aliphatic carboxylic acids is 1. The Morgan fingerprint density at radius 3 is 2.13 bits per heavy atom. The molecule has 0 bridgehead atoms. The molecule has 4 fully saturated rings. The number of carbonyl (C=O) groups is 2. The first-order valence-electron chi connectivity index (χ1n) is 24.0. The van der Waals surface area contributed by atoms with E-state index in [4.69, 9.17) is 35.9 Å². The summed E-state index contributed by atoms with van der Waals surface area (Å²) in [6.07, 6.45) is 9.26. The number of carboxylic acids is 1. The molecule has 5 heterocycles. The third kappa shape index (κ3) is 10.2. The maximum Gasteiger partial charge on any atom is 0.309 e. The standard InChI is InChI=1S/C48H82N2O10S/c1-13-33(14-2)49-44(61)50-37-20-23-47(60-48(37)25-24-45(12,59-48)38-21-22-46(55,17-5)32(11)56-38)29(8)26-28(7)42(58-47)35(16-4)40(52)30(9)39(51)31(10)41-27(6)18-19-36(57-41)34(15-3)43(53)54/h20,23,27-39,41-42,51,55H,13-19,21-22,24-26H2,1-12H3,(H,53,54)(H2,49,50,61)/t27-,28-,29+,30?,31-,32-,34+,35-,36+,37+,38+,39+,41+,42-,45-,46+,47-,48-/m0/s1. The minimum Gasteiger partial charge on any atom is -0.481 e. The summed E-state index contributed by atoms with van der Waals surface area (Å²) >= 11 is 5.89. The van der Waals surface area contributed by atoms with Gasteiger partial charge in [-0.3, -0.25) is 9.59 Å². The van der Waals surface area contributed by atoms with Crippen molar-refractivity contribution >= 4 is 29.1 Å². The van der Waals surface area contributed by atoms with Crippen molar-refractivity contribution in [3.05, 3.63) is 12.2 Å². The summed E-state index contributed by atoms with van der Waals surface area (Å²) in [5, 5.41) is 40.5. The molecule has 0 radical (unpaired) electrons. The zero-order valence-corrected chi connectivity index (χ0v) is 40.2. The van der Waals surface area contributed by atoms with Crippen LogP contribution in [0.25, 0.3) is 0 Å². The minimum absolute atomic E-state index is 0.0190. The van der Waals surface area contributed by atoms with Crippen molar-refractivity contribution in [1.29, 1.82) is 0 Å². The molecule has 350 valence electrons. The zero-order valence-electron chi connectivity index (χ0n) is 39.4. The van der Waals surface area contributed by atoms with Gasteiger partial charge in [0.25, 0.3) is 0 Å². The number of Topliss-reactive ketones (excluding diaryl/α,β-unsaturated/α-hetero) is 1. The van der Waals surface area contributed by atoms with E-state index in [1.165, 1.54) is 0 Å². The van der Waals surface area contributed by atoms with E-state index in [0.717, 1.165) is 25.7 Å². The molecular weight excluding hydrogens is 797 g/mol. The van der Waals surface area contributed by atoms with E-state index in [-0.39, 0.29) is 47.9 Å². The second kappa shape index (κ2) is 20.2. The maximum atomic E-state index is 14.7. The van der Waals surface area contributed by atoms with E-state index in [1.54, 1.807) is 6.92 Å². The molecule has 0 aromatic carbocycles. The second-order valence-corrected chi connectivity index (χ2v) is 20.5. The number of carboxylic acid groups (broad SMARTS) is 1. The Morgan fingerprint density at radius 1 is 0.869 bits per heavy atom. The summed E-state index contributed by atoms with van der Waals surface area (Å²) in [5.74, 6) is -5.52. The number of hydrogen-bond donors (Lipinski definition) is 5. The van der Waals surface area contributed by atoms with Crippen LogP contribution in [-0.2, 0) is 33.3 Å². The third-order valence-corrected chi connectivity index (χ3v) is 16.3. The van der Waals surface area contributed by atoms with Crippen LogP contribution in [0, 0.1) is 41.4 Å². The fraction of sp³-hybridized carbons (Fsp3) is 0.896. The SMILES string of the molecule is CCC(CC)NC(=S)N[C@@H]1C=C[C@]2(O[C@H]([C@@H](CC)C(=O)C(C)[C@@H](O)[C@H](C)[C@@H]3O[C@@H]([C@@H](CC)C(=O)O)CC[C@@H]3C)[C@@H](C)C[C@H]2C)O[C@@]12CC[C@@](C)([C@H]1CC[C@](O)(CC)[C@H](C)O1)O2. The van der Waals surface area contributed by atoms with Crippen LogP contribution in [0.15, 0.2) is 12.2 Å². The van der Waals surface area contributed by atoms with E-state index in [2.05, 4.69) is 58.3 Å². The number of hydrogen-bond acceptors (Lipinski definition) is 10. The summed E-state index contributed by atoms with van der Waals surface area (Å²) in [6, 6.07) is -0.235. The van der Waals surface area contributed by atoms with Gasteiger partial charge in [0, 0.05) is 36.1 Å². The smallest absolute Gasteiger partial charge is 0.309 e. The molecule has 0 amide bonds. The van der Waals surface area contributed by atoms with Gasteiger partial charge in [-0.25, -0.2) is 0 Å². The number of nitrogens with one attached hydrogen (secondary N) is 2. The Kier molecular flexibility index (Phi) is 16.7. The highest BCUT2D eigenvalue weighted by Gasteiger charge is 2.63. The topological polar surface area (TPSA) is 165 Å². The molecule has 18 atom stereocenters. The summed E-state index contributed by atoms with van der Waals surface area (Å²) in [5.41, 5.74) is -1.60. The van der Waals surface area contributed by atoms with E-state index >= 15 is 0 Å². The Balaban J connectivity index is 1.40. The van der Waals surface area contributed by atoms with E-state index in [1.807, 2.05) is 40.7 Å². The monoisotopic (exact) mass is 879 g/mol. The average Bonchev–Trinajstić information content (AvgIpc) is 3.57. The fourth-order valence-corrected chi connectivity index (χ4v) is 11.8. The van der Waals surface area contributed by atoms with Gasteiger partial charge in [0.1, 0.15) is 11.8 Å². The predicted octanol–water partition coefficient (Wildman–Crippen LogP) is 7.85. The summed E-state index contributed by atoms with van der Waals surface area (Å²) in [6.45, 7) is 24.2. The fourth-order valence-electron chi connectivity index (χ4n) is 11.5. The van der Waals surface area contributed by atoms with Crippen molar-refractivity contribution in [3.63, 3.8) is 0 Å². The highest BCUT2D eigenvalue weighted by molar-refractivity contribution is 7.80. The normalized spacial score (nSPS) is 41.6. The van der Waals surface area contributed by atoms with Crippen molar-refractivity contribution in [3.8, 4) is 0 Å². The molecule has 0 saturated carbocycles. The second-order valence-electron chi connectivity index (χ2n) is 20.1. The Hall–Kier alpha value is -1.71. The molecule has 5 rings (SSSR count). The molecule has 0 aromatic rings. The molecule has 4 saturated heterocycles. The molecule has 2 spiro atoms. The van der Waals surface area contributed by atoms with Crippen LogP contribution in [0.3, 0.4) is 0 Å². The first kappa shape index (κ1) is 50.3. The number of aliphatic hydroxyl groups is 2. The lowest BCUT2D eigenvalue weighted by atomic mass is 9.72. The van der Waals surface area contributed by atoms with Gasteiger partial charge in [-0.05, 0) is 115 Å². The van der Waals surface area contributed by atoms with Gasteiger partial charge in [-0.2, -0.15) is 0 Å². The van der Waals surface area contributed by atoms with Crippen LogP contribution in [-0.4, -0.2) is 104 Å². The van der Waals surface area contributed by atoms with Crippen LogP contribution >= 0.6 is 12.2 Å². The van der Waals surface area contributed by atoms with Gasteiger partial charge < -0.3 is 49.6 Å². The molecular formula is C48H82N2O10S. The van der Waals surface area contributed by atoms with Gasteiger partial charge in [-0.15, -0.1) is 0 Å². The first-order valence-corrected chi connectivity index (χ1v) is 24.4. The van der Waals surface area contributed by atoms with Gasteiger partial charge in [0.15, 0.2) is 16.7 Å². The Bertz CT molecular complexity index is 1550. The molecule has 61 heavy (non-hydrogen) atoms. The summed E-state index contributed by atoms with van der Waals surface area (Å²) in [4.78, 5) is 26.7. The van der Waals surface area contributed by atoms with Gasteiger partial charge in [-0.1, -0.05) is 75.3 Å². The van der Waals surface area contributed by atoms with E-state index < -0.39 is 76.8 Å². The van der Waals surface area contributed by atoms with Crippen molar-refractivity contribution in [2.75, 3.05) is 0 Å². The first-order chi connectivity index (χ1) is 28.7. The number of carbonyl (C=O) groups excluding carboxylic acids is 1. The summed E-state index contributed by atoms with van der Waals surface area (Å²) in [7, 11) is 0. The lowest BCUT2D eigenvalue weighted by Gasteiger charge is -2.55. The molecule has 5 N–H and O–H groups in total. The number of aliphatic hydroxyl groups excluding tert-OH is 1.